The summed E-state index contributed by atoms with van der Waals surface area (Å²) in [6.45, 7) is 10.5. The van der Waals surface area contributed by atoms with Crippen LogP contribution in [0.3, 0.4) is 0 Å². The summed E-state index contributed by atoms with van der Waals surface area (Å²) in [6, 6.07) is 0. The first kappa shape index (κ1) is 12.7. The Morgan fingerprint density at radius 2 is 1.80 bits per heavy atom. The van der Waals surface area contributed by atoms with Gasteiger partial charge < -0.3 is 0 Å². The van der Waals surface area contributed by atoms with Crippen LogP contribution in [0.15, 0.2) is 11.0 Å². The van der Waals surface area contributed by atoms with Crippen LogP contribution in [0, 0.1) is 0 Å². The van der Waals surface area contributed by atoms with E-state index in [-0.39, 0.29) is 0 Å². The zero-order valence-electron chi connectivity index (χ0n) is 7.90. The second-order valence-corrected chi connectivity index (χ2v) is 3.17. The predicted molar refractivity (Wildman–Crippen MR) is 53.5 cm³/mol. The highest BCUT2D eigenvalue weighted by molar-refractivity contribution is 8.03. The Labute approximate surface area is 70.1 Å². The minimum absolute atomic E-state index is 1.17. The normalized spacial score (nSPS) is 10.3. The first-order chi connectivity index (χ1) is 4.81. The molecule has 0 aromatic heterocycles. The third-order valence-electron chi connectivity index (χ3n) is 0.864. The lowest BCUT2D eigenvalue weighted by Gasteiger charge is -1.93. The molecular weight excluding hydrogens is 140 g/mol. The topological polar surface area (TPSA) is 0 Å². The van der Waals surface area contributed by atoms with E-state index < -0.39 is 0 Å². The minimum Gasteiger partial charge on any atom is -0.132 e. The molecule has 0 spiro atoms. The van der Waals surface area contributed by atoms with Crippen molar-refractivity contribution in [2.45, 2.75) is 41.0 Å². The highest BCUT2D eigenvalue weighted by atomic mass is 32.2. The van der Waals surface area contributed by atoms with Gasteiger partial charge in [-0.3, -0.25) is 0 Å². The molecule has 0 saturated carbocycles. The molecule has 0 heterocycles. The molecule has 1 heteroatoms. The molecule has 0 fully saturated rings. The van der Waals surface area contributed by atoms with Gasteiger partial charge in [-0.25, -0.2) is 0 Å². The predicted octanol–water partition coefficient (Wildman–Crippen LogP) is 4.08. The fourth-order valence-corrected chi connectivity index (χ4v) is 1.31. The summed E-state index contributed by atoms with van der Waals surface area (Å²) >= 11 is 1.92. The first-order valence-corrected chi connectivity index (χ1v) is 5.09. The van der Waals surface area contributed by atoms with Gasteiger partial charge in [0.1, 0.15) is 0 Å². The lowest BCUT2D eigenvalue weighted by atomic mass is 10.4. The van der Waals surface area contributed by atoms with E-state index in [4.69, 9.17) is 0 Å². The number of rotatable bonds is 3. The molecule has 0 atom stereocenters. The molecule has 0 aliphatic rings. The van der Waals surface area contributed by atoms with Crippen LogP contribution < -0.4 is 0 Å². The van der Waals surface area contributed by atoms with Gasteiger partial charge in [0.15, 0.2) is 0 Å². The molecule has 0 unspecified atom stereocenters. The molecule has 0 saturated heterocycles. The minimum atomic E-state index is 1.17. The van der Waals surface area contributed by atoms with E-state index in [9.17, 15) is 0 Å². The monoisotopic (exact) mass is 160 g/mol. The smallest absolute Gasteiger partial charge is 0.00519 e. The van der Waals surface area contributed by atoms with Crippen LogP contribution in [0.4, 0.5) is 0 Å². The lowest BCUT2D eigenvalue weighted by molar-refractivity contribution is 1.21. The fraction of sp³-hybridized carbons (Fsp3) is 0.778. The van der Waals surface area contributed by atoms with Crippen LogP contribution in [-0.4, -0.2) is 5.75 Å². The highest BCUT2D eigenvalue weighted by Crippen LogP contribution is 2.13. The van der Waals surface area contributed by atoms with Crippen molar-refractivity contribution in [3.63, 3.8) is 0 Å². The number of hydrogen-bond acceptors (Lipinski definition) is 1. The van der Waals surface area contributed by atoms with Gasteiger partial charge >= 0.3 is 0 Å². The van der Waals surface area contributed by atoms with Crippen LogP contribution >= 0.6 is 11.8 Å². The van der Waals surface area contributed by atoms with Crippen LogP contribution in [0.25, 0.3) is 0 Å². The van der Waals surface area contributed by atoms with Gasteiger partial charge in [0.2, 0.25) is 0 Å². The van der Waals surface area contributed by atoms with Crippen LogP contribution in [0.1, 0.15) is 41.0 Å². The van der Waals surface area contributed by atoms with Crippen LogP contribution in [0.2, 0.25) is 0 Å². The van der Waals surface area contributed by atoms with Gasteiger partial charge in [0.25, 0.3) is 0 Å². The number of hydrogen-bond donors (Lipinski definition) is 0. The van der Waals surface area contributed by atoms with Gasteiger partial charge in [-0.05, 0) is 24.0 Å². The molecule has 0 radical (unpaired) electrons. The Bertz CT molecular complexity index is 74.8. The average molecular weight is 160 g/mol. The first-order valence-electron chi connectivity index (χ1n) is 4.10. The third kappa shape index (κ3) is 11.0. The van der Waals surface area contributed by atoms with Gasteiger partial charge in [-0.15, -0.1) is 11.8 Å². The van der Waals surface area contributed by atoms with Crippen molar-refractivity contribution in [1.82, 2.24) is 0 Å². The standard InChI is InChI=1S/C7H14S.C2H6/c1-4-6-7(3)8-5-2;1-2/h6H,4-5H2,1-3H3;1-2H3/b7-6-;. The average Bonchev–Trinajstić information content (AvgIpc) is 1.93. The van der Waals surface area contributed by atoms with E-state index in [1.807, 2.05) is 25.6 Å². The molecule has 0 bridgehead atoms. The maximum atomic E-state index is 2.26. The Balaban J connectivity index is 0. The van der Waals surface area contributed by atoms with Gasteiger partial charge in [0.05, 0.1) is 0 Å². The molecule has 0 aromatic carbocycles. The molecule has 0 nitrogen and oxygen atoms in total. The Kier molecular flexibility index (Phi) is 15.1. The maximum Gasteiger partial charge on any atom is -0.00519 e. The quantitative estimate of drug-likeness (QED) is 0.599. The van der Waals surface area contributed by atoms with Crippen LogP contribution in [-0.2, 0) is 0 Å². The van der Waals surface area contributed by atoms with E-state index in [2.05, 4.69) is 26.8 Å². The van der Waals surface area contributed by atoms with Crippen molar-refractivity contribution in [2.24, 2.45) is 0 Å². The summed E-state index contributed by atoms with van der Waals surface area (Å²) < 4.78 is 0. The van der Waals surface area contributed by atoms with Crippen molar-refractivity contribution >= 4 is 11.8 Å². The molecular formula is C9H20S. The summed E-state index contributed by atoms with van der Waals surface area (Å²) in [5, 5.41) is 0. The SMILES string of the molecule is CC.CC/C=C(/C)SCC. The van der Waals surface area contributed by atoms with E-state index in [1.54, 1.807) is 0 Å². The van der Waals surface area contributed by atoms with Gasteiger partial charge in [-0.1, -0.05) is 33.8 Å². The summed E-state index contributed by atoms with van der Waals surface area (Å²) in [5.41, 5.74) is 0. The Morgan fingerprint density at radius 3 is 2.10 bits per heavy atom. The fourth-order valence-electron chi connectivity index (χ4n) is 0.574. The molecule has 0 aliphatic heterocycles. The second kappa shape index (κ2) is 11.8. The van der Waals surface area contributed by atoms with Crippen molar-refractivity contribution in [1.29, 1.82) is 0 Å². The Morgan fingerprint density at radius 1 is 1.30 bits per heavy atom. The zero-order chi connectivity index (χ0) is 8.41. The van der Waals surface area contributed by atoms with E-state index in [1.165, 1.54) is 17.1 Å². The number of thioether (sulfide) groups is 1. The molecule has 0 N–H and O–H groups in total. The second-order valence-electron chi connectivity index (χ2n) is 1.66. The van der Waals surface area contributed by atoms with E-state index >= 15 is 0 Å². The molecule has 62 valence electrons. The summed E-state index contributed by atoms with van der Waals surface area (Å²) in [7, 11) is 0. The summed E-state index contributed by atoms with van der Waals surface area (Å²) in [6.07, 6.45) is 3.42. The molecule has 0 rings (SSSR count). The van der Waals surface area contributed by atoms with Gasteiger partial charge in [-0.2, -0.15) is 0 Å². The van der Waals surface area contributed by atoms with Crippen molar-refractivity contribution in [3.05, 3.63) is 11.0 Å². The number of allylic oxidation sites excluding steroid dienone is 2. The third-order valence-corrected chi connectivity index (χ3v) is 1.77. The Hall–Kier alpha value is 0.0900. The molecule has 0 aromatic rings. The van der Waals surface area contributed by atoms with Crippen molar-refractivity contribution < 1.29 is 0 Å². The highest BCUT2D eigenvalue weighted by Gasteiger charge is 1.82. The van der Waals surface area contributed by atoms with Crippen molar-refractivity contribution in [3.8, 4) is 0 Å². The van der Waals surface area contributed by atoms with Crippen molar-refractivity contribution in [2.75, 3.05) is 5.75 Å². The van der Waals surface area contributed by atoms with Gasteiger partial charge in [0, 0.05) is 0 Å². The van der Waals surface area contributed by atoms with Crippen LogP contribution in [0.5, 0.6) is 0 Å². The summed E-state index contributed by atoms with van der Waals surface area (Å²) in [5.74, 6) is 1.20. The largest absolute Gasteiger partial charge is 0.132 e. The van der Waals surface area contributed by atoms with E-state index in [0.29, 0.717) is 0 Å². The molecule has 10 heavy (non-hydrogen) atoms. The molecule has 0 amide bonds. The zero-order valence-corrected chi connectivity index (χ0v) is 8.72. The molecule has 0 aliphatic carbocycles. The summed E-state index contributed by atoms with van der Waals surface area (Å²) in [4.78, 5) is 1.45. The lowest BCUT2D eigenvalue weighted by Crippen LogP contribution is -1.68. The van der Waals surface area contributed by atoms with E-state index in [0.717, 1.165) is 0 Å². The maximum absolute atomic E-state index is 2.26.